The summed E-state index contributed by atoms with van der Waals surface area (Å²) < 4.78 is 27.2. The van der Waals surface area contributed by atoms with Gasteiger partial charge in [0.1, 0.15) is 10.9 Å². The Balaban J connectivity index is 2.21. The van der Waals surface area contributed by atoms with Gasteiger partial charge in [0.15, 0.2) is 5.79 Å². The average Bonchev–Trinajstić information content (AvgIpc) is 2.83. The zero-order valence-electron chi connectivity index (χ0n) is 14.8. The Hall–Kier alpha value is -0.660. The first-order valence-electron chi connectivity index (χ1n) is 8.01. The molecule has 0 aliphatic carbocycles. The molecule has 1 fully saturated rings. The van der Waals surface area contributed by atoms with Crippen molar-refractivity contribution in [1.29, 1.82) is 0 Å². The molecule has 0 bridgehead atoms. The van der Waals surface area contributed by atoms with Gasteiger partial charge in [-0.3, -0.25) is 4.98 Å². The first kappa shape index (κ1) is 18.7. The van der Waals surface area contributed by atoms with Crippen molar-refractivity contribution in [3.05, 3.63) is 30.1 Å². The summed E-state index contributed by atoms with van der Waals surface area (Å²) in [6.07, 6.45) is 1.60. The summed E-state index contributed by atoms with van der Waals surface area (Å²) >= 11 is -1.20. The number of nitrogens with one attached hydrogen (secondary N) is 1. The van der Waals surface area contributed by atoms with Crippen LogP contribution in [0.25, 0.3) is 0 Å². The van der Waals surface area contributed by atoms with E-state index in [0.29, 0.717) is 6.61 Å². The van der Waals surface area contributed by atoms with Crippen LogP contribution in [-0.4, -0.2) is 38.8 Å². The number of nitrogens with zero attached hydrogens (tertiary/aromatic N) is 1. The summed E-state index contributed by atoms with van der Waals surface area (Å²) in [6.45, 7) is 12.2. The molecule has 2 heterocycles. The molecule has 5 nitrogen and oxygen atoms in total. The number of aromatic nitrogens is 1. The van der Waals surface area contributed by atoms with E-state index in [1.807, 2.05) is 52.8 Å². The summed E-state index contributed by atoms with van der Waals surface area (Å²) in [6, 6.07) is 5.70. The van der Waals surface area contributed by atoms with Crippen LogP contribution in [0.15, 0.2) is 24.4 Å². The van der Waals surface area contributed by atoms with Crippen molar-refractivity contribution in [3.63, 3.8) is 0 Å². The summed E-state index contributed by atoms with van der Waals surface area (Å²) in [7, 11) is 0. The normalized spacial score (nSPS) is 25.1. The molecule has 1 aromatic rings. The monoisotopic (exact) mass is 340 g/mol. The fourth-order valence-electron chi connectivity index (χ4n) is 2.52. The lowest BCUT2D eigenvalue weighted by Gasteiger charge is -2.33. The van der Waals surface area contributed by atoms with Crippen LogP contribution in [-0.2, 0) is 20.8 Å². The second-order valence-electron chi connectivity index (χ2n) is 7.44. The maximum atomic E-state index is 12.6. The van der Waals surface area contributed by atoms with Gasteiger partial charge in [0.05, 0.1) is 12.6 Å². The number of rotatable bonds is 5. The van der Waals surface area contributed by atoms with Crippen LogP contribution in [0.3, 0.4) is 0 Å². The summed E-state index contributed by atoms with van der Waals surface area (Å²) in [5, 5.41) is 0. The van der Waals surface area contributed by atoms with Crippen LogP contribution in [0.5, 0.6) is 0 Å². The van der Waals surface area contributed by atoms with Crippen molar-refractivity contribution in [2.24, 2.45) is 0 Å². The lowest BCUT2D eigenvalue weighted by Crippen LogP contribution is -2.52. The van der Waals surface area contributed by atoms with Gasteiger partial charge >= 0.3 is 0 Å². The third kappa shape index (κ3) is 4.90. The third-order valence-electron chi connectivity index (χ3n) is 3.92. The molecule has 0 amide bonds. The van der Waals surface area contributed by atoms with E-state index in [9.17, 15) is 4.55 Å². The molecule has 0 saturated carbocycles. The zero-order chi connectivity index (χ0) is 17.3. The lowest BCUT2D eigenvalue weighted by atomic mass is 9.94. The van der Waals surface area contributed by atoms with Gasteiger partial charge in [-0.15, -0.1) is 4.72 Å². The van der Waals surface area contributed by atoms with Crippen molar-refractivity contribution in [1.82, 2.24) is 9.71 Å². The Morgan fingerprint density at radius 3 is 2.57 bits per heavy atom. The first-order valence-corrected chi connectivity index (χ1v) is 9.16. The van der Waals surface area contributed by atoms with Crippen molar-refractivity contribution in [3.8, 4) is 0 Å². The predicted octanol–water partition coefficient (Wildman–Crippen LogP) is 2.76. The van der Waals surface area contributed by atoms with Gasteiger partial charge in [0.25, 0.3) is 0 Å². The Kier molecular flexibility index (Phi) is 5.74. The van der Waals surface area contributed by atoms with Crippen molar-refractivity contribution in [2.75, 3.05) is 6.61 Å². The Labute approximate surface area is 142 Å². The molecule has 0 aromatic carbocycles. The summed E-state index contributed by atoms with van der Waals surface area (Å²) in [4.78, 5) is 4.44. The third-order valence-corrected chi connectivity index (χ3v) is 5.52. The van der Waals surface area contributed by atoms with E-state index in [0.717, 1.165) is 5.69 Å². The van der Waals surface area contributed by atoms with Crippen LogP contribution in [0, 0.1) is 0 Å². The highest BCUT2D eigenvalue weighted by Crippen LogP contribution is 2.31. The fraction of sp³-hybridized carbons (Fsp3) is 0.706. The average molecular weight is 340 g/mol. The smallest absolute Gasteiger partial charge is 0.163 e. The minimum absolute atomic E-state index is 0.0463. The number of ether oxygens (including phenoxy) is 2. The molecular formula is C17H28N2O3S. The van der Waals surface area contributed by atoms with Crippen LogP contribution in [0.1, 0.15) is 53.2 Å². The van der Waals surface area contributed by atoms with Crippen LogP contribution in [0.4, 0.5) is 0 Å². The minimum Gasteiger partial charge on any atom is -0.598 e. The van der Waals surface area contributed by atoms with Gasteiger partial charge in [-0.05, 0) is 46.8 Å². The number of hydrogen-bond donors (Lipinski definition) is 1. The molecule has 1 N–H and O–H groups in total. The fourth-order valence-corrected chi connectivity index (χ4v) is 3.48. The van der Waals surface area contributed by atoms with Crippen LogP contribution in [0.2, 0.25) is 0 Å². The van der Waals surface area contributed by atoms with Crippen molar-refractivity contribution >= 4 is 11.4 Å². The first-order chi connectivity index (χ1) is 10.6. The van der Waals surface area contributed by atoms with E-state index in [-0.39, 0.29) is 22.8 Å². The molecule has 1 saturated heterocycles. The molecule has 6 heteroatoms. The van der Waals surface area contributed by atoms with Crippen molar-refractivity contribution < 1.29 is 14.0 Å². The molecule has 0 spiro atoms. The molecule has 4 atom stereocenters. The molecule has 23 heavy (non-hydrogen) atoms. The van der Waals surface area contributed by atoms with Crippen LogP contribution >= 0.6 is 0 Å². The molecule has 1 aliphatic heterocycles. The van der Waals surface area contributed by atoms with E-state index in [1.165, 1.54) is 0 Å². The van der Waals surface area contributed by atoms with Gasteiger partial charge in [-0.2, -0.15) is 0 Å². The largest absolute Gasteiger partial charge is 0.598 e. The van der Waals surface area contributed by atoms with Crippen LogP contribution < -0.4 is 4.72 Å². The van der Waals surface area contributed by atoms with Gasteiger partial charge in [-0.1, -0.05) is 13.0 Å². The number of hydrogen-bond acceptors (Lipinski definition) is 5. The maximum Gasteiger partial charge on any atom is 0.163 e. The van der Waals surface area contributed by atoms with Crippen molar-refractivity contribution in [2.45, 2.75) is 70.1 Å². The highest BCUT2D eigenvalue weighted by molar-refractivity contribution is 7.90. The molecule has 1 aliphatic rings. The SMILES string of the molecule is C[C@@H](c1ccccn1)[C@@H](N[S+]([O-])C(C)(C)C)[C@H]1COC(C)(C)O1. The second kappa shape index (κ2) is 7.07. The minimum atomic E-state index is -1.20. The van der Waals surface area contributed by atoms with Gasteiger partial charge in [-0.25, -0.2) is 0 Å². The molecule has 0 radical (unpaired) electrons. The van der Waals surface area contributed by atoms with Gasteiger partial charge < -0.3 is 14.0 Å². The molecule has 1 unspecified atom stereocenters. The Morgan fingerprint density at radius 2 is 2.09 bits per heavy atom. The van der Waals surface area contributed by atoms with E-state index >= 15 is 0 Å². The predicted molar refractivity (Wildman–Crippen MR) is 92.4 cm³/mol. The van der Waals surface area contributed by atoms with Gasteiger partial charge in [0, 0.05) is 29.2 Å². The number of pyridine rings is 1. The lowest BCUT2D eigenvalue weighted by molar-refractivity contribution is -0.141. The van der Waals surface area contributed by atoms with E-state index in [2.05, 4.69) is 16.6 Å². The second-order valence-corrected chi connectivity index (χ2v) is 9.43. The van der Waals surface area contributed by atoms with E-state index < -0.39 is 17.1 Å². The van der Waals surface area contributed by atoms with Gasteiger partial charge in [0.2, 0.25) is 0 Å². The summed E-state index contributed by atoms with van der Waals surface area (Å²) in [5.74, 6) is -0.567. The highest BCUT2D eigenvalue weighted by atomic mass is 32.2. The summed E-state index contributed by atoms with van der Waals surface area (Å²) in [5.41, 5.74) is 0.948. The maximum absolute atomic E-state index is 12.6. The molecule has 130 valence electrons. The van der Waals surface area contributed by atoms with E-state index in [1.54, 1.807) is 6.20 Å². The quantitative estimate of drug-likeness (QED) is 0.835. The Morgan fingerprint density at radius 1 is 1.39 bits per heavy atom. The molecule has 1 aromatic heterocycles. The highest BCUT2D eigenvalue weighted by Gasteiger charge is 2.43. The molecular weight excluding hydrogens is 312 g/mol. The van der Waals surface area contributed by atoms with E-state index in [4.69, 9.17) is 9.47 Å². The topological polar surface area (TPSA) is 66.4 Å². The Bertz CT molecular complexity index is 504. The standard InChI is InChI=1S/C17H28N2O3S/c1-12(13-9-7-8-10-18-13)15(19-23(20)16(2,3)4)14-11-21-17(5,6)22-14/h7-10,12,14-15,19H,11H2,1-6H3/t12-,14+,15+,23?/m0/s1. The molecule has 2 rings (SSSR count). The zero-order valence-corrected chi connectivity index (χ0v) is 15.6.